The molecule has 5 aromatic rings. The molecule has 3 atom stereocenters. The molecule has 0 aliphatic carbocycles. The van der Waals surface area contributed by atoms with Gasteiger partial charge in [0.15, 0.2) is 10.9 Å². The van der Waals surface area contributed by atoms with Crippen LogP contribution < -0.4 is 25.2 Å². The van der Waals surface area contributed by atoms with E-state index in [1.165, 1.54) is 35.9 Å². The van der Waals surface area contributed by atoms with Crippen LogP contribution in [0.5, 0.6) is 5.75 Å². The Labute approximate surface area is 411 Å². The van der Waals surface area contributed by atoms with Crippen molar-refractivity contribution in [3.8, 4) is 33.5 Å². The number of halogens is 4. The van der Waals surface area contributed by atoms with Gasteiger partial charge in [-0.15, -0.1) is 11.3 Å². The molecule has 4 heterocycles. The number of hydrogen-bond donors (Lipinski definition) is 3. The Morgan fingerprint density at radius 1 is 1.01 bits per heavy atom. The lowest BCUT2D eigenvalue weighted by Crippen LogP contribution is -2.57. The number of likely N-dealkylation sites (tertiary alicyclic amines) is 1. The third-order valence-corrected chi connectivity index (χ3v) is 13.5. The summed E-state index contributed by atoms with van der Waals surface area (Å²) in [6, 6.07) is 19.2. The molecule has 0 spiro atoms. The number of aliphatic hydroxyl groups excluding tert-OH is 1. The summed E-state index contributed by atoms with van der Waals surface area (Å²) in [6.07, 6.45) is -4.26. The molecule has 4 amide bonds. The number of alkyl halides is 3. The van der Waals surface area contributed by atoms with Crippen molar-refractivity contribution < 1.29 is 46.6 Å². The molecule has 0 bridgehead atoms. The standard InChI is InChI=1S/C50H50F4N8O6S2/c1-28-42(70-27-58-28)31-11-9-29(10-12-31)24-57-44(65)38-22-34(63)26-60(38)45(66)43(48(2,3)4)59-39(64)8-7-21-68-35-17-13-30(14-18-35)36-19-16-33(25-56-36)62-47(69)61(46(67)49(62,5)6)37-20-15-32(23-55)40(41(37)51)50(52,53)54/h9-20,25,27,34,38,43,63H,7-8,21-22,24,26H2,1-6H3,(H,57,65)(H,59,64)/t34-,38+,43-/m1/s1. The number of aryl methyl sites for hydroxylation is 1. The lowest BCUT2D eigenvalue weighted by atomic mass is 9.85. The van der Waals surface area contributed by atoms with Crippen molar-refractivity contribution in [1.82, 2.24) is 25.5 Å². The predicted octanol–water partition coefficient (Wildman–Crippen LogP) is 8.09. The number of aromatic nitrogens is 2. The van der Waals surface area contributed by atoms with Gasteiger partial charge < -0.3 is 30.3 Å². The first-order chi connectivity index (χ1) is 33.0. The van der Waals surface area contributed by atoms with Crippen LogP contribution in [0, 0.1) is 29.5 Å². The van der Waals surface area contributed by atoms with Crippen LogP contribution in [-0.4, -0.2) is 85.6 Å². The van der Waals surface area contributed by atoms with E-state index in [9.17, 15) is 42.7 Å². The molecule has 0 saturated carbocycles. The average Bonchev–Trinajstić information content (AvgIpc) is 3.98. The number of amides is 4. The molecule has 2 aliphatic heterocycles. The van der Waals surface area contributed by atoms with Crippen LogP contribution in [0.4, 0.5) is 28.9 Å². The topological polar surface area (TPSA) is 181 Å². The largest absolute Gasteiger partial charge is 0.494 e. The number of benzene rings is 3. The minimum atomic E-state index is -5.21. The number of pyridine rings is 1. The van der Waals surface area contributed by atoms with Gasteiger partial charge in [-0.25, -0.2) is 9.37 Å². The molecule has 14 nitrogen and oxygen atoms in total. The molecule has 2 aliphatic rings. The van der Waals surface area contributed by atoms with Gasteiger partial charge in [0.25, 0.3) is 5.91 Å². The number of nitriles is 1. The van der Waals surface area contributed by atoms with Gasteiger partial charge in [-0.05, 0) is 104 Å². The van der Waals surface area contributed by atoms with E-state index >= 15 is 4.39 Å². The second-order valence-electron chi connectivity index (χ2n) is 18.6. The number of carbonyl (C=O) groups is 4. The van der Waals surface area contributed by atoms with Crippen molar-refractivity contribution >= 4 is 63.7 Å². The maximum atomic E-state index is 15.4. The smallest absolute Gasteiger partial charge is 0.420 e. The highest BCUT2D eigenvalue weighted by atomic mass is 32.1. The van der Waals surface area contributed by atoms with Gasteiger partial charge in [0.05, 0.1) is 63.7 Å². The van der Waals surface area contributed by atoms with Crippen LogP contribution in [0.2, 0.25) is 0 Å². The number of hydrogen-bond acceptors (Lipinski definition) is 11. The van der Waals surface area contributed by atoms with E-state index in [2.05, 4.69) is 20.6 Å². The number of β-amino-alcohol motifs (C(OH)–C–C–N with tert-alkyl or cyclic N) is 1. The number of nitrogens with one attached hydrogen (secondary N) is 2. The molecule has 70 heavy (non-hydrogen) atoms. The molecular weight excluding hydrogens is 949 g/mol. The van der Waals surface area contributed by atoms with Crippen LogP contribution in [0.15, 0.2) is 84.5 Å². The fourth-order valence-electron chi connectivity index (χ4n) is 8.40. The van der Waals surface area contributed by atoms with Gasteiger partial charge in [0.2, 0.25) is 17.7 Å². The summed E-state index contributed by atoms with van der Waals surface area (Å²) in [6.45, 7) is 10.7. The van der Waals surface area contributed by atoms with E-state index in [4.69, 9.17) is 17.0 Å². The minimum absolute atomic E-state index is 0.0414. The van der Waals surface area contributed by atoms with Gasteiger partial charge in [0, 0.05) is 31.5 Å². The Morgan fingerprint density at radius 3 is 2.30 bits per heavy atom. The van der Waals surface area contributed by atoms with Crippen LogP contribution in [0.1, 0.15) is 76.3 Å². The zero-order chi connectivity index (χ0) is 50.9. The number of nitrogens with zero attached hydrogens (tertiary/aromatic N) is 6. The average molecular weight is 999 g/mol. The zero-order valence-electron chi connectivity index (χ0n) is 39.1. The second kappa shape index (κ2) is 20.3. The van der Waals surface area contributed by atoms with Gasteiger partial charge in [-0.2, -0.15) is 18.4 Å². The highest BCUT2D eigenvalue weighted by Crippen LogP contribution is 2.42. The lowest BCUT2D eigenvalue weighted by Gasteiger charge is -2.35. The SMILES string of the molecule is Cc1ncsc1-c1ccc(CNC(=O)[C@@H]2C[C@@H](O)CN2C(=O)[C@@H](NC(=O)CCCOc2ccc(-c3ccc(N4C(=S)N(c5ccc(C#N)c(C(F)(F)F)c5F)C(=O)C4(C)C)cn3)cc2)C(C)(C)C)cc1. The third kappa shape index (κ3) is 10.7. The van der Waals surface area contributed by atoms with Crippen LogP contribution in [-0.2, 0) is 31.9 Å². The summed E-state index contributed by atoms with van der Waals surface area (Å²) in [5.41, 5.74) is 0.520. The number of thiocarbonyl (C=S) groups is 1. The van der Waals surface area contributed by atoms with Crippen molar-refractivity contribution in [2.45, 2.75) is 97.3 Å². The molecule has 366 valence electrons. The second-order valence-corrected chi connectivity index (χ2v) is 19.8. The molecule has 0 unspecified atom stereocenters. The summed E-state index contributed by atoms with van der Waals surface area (Å²) >= 11 is 7.09. The lowest BCUT2D eigenvalue weighted by molar-refractivity contribution is -0.144. The number of anilines is 2. The van der Waals surface area contributed by atoms with Crippen molar-refractivity contribution in [1.29, 1.82) is 5.26 Å². The van der Waals surface area contributed by atoms with Crippen LogP contribution >= 0.6 is 23.6 Å². The van der Waals surface area contributed by atoms with Gasteiger partial charge in [-0.1, -0.05) is 45.0 Å². The third-order valence-electron chi connectivity index (χ3n) is 12.1. The summed E-state index contributed by atoms with van der Waals surface area (Å²) in [7, 11) is 0. The number of rotatable bonds is 14. The molecule has 20 heteroatoms. The number of ether oxygens (including phenoxy) is 1. The normalized spacial score (nSPS) is 17.4. The van der Waals surface area contributed by atoms with Crippen LogP contribution in [0.25, 0.3) is 21.7 Å². The first-order valence-electron chi connectivity index (χ1n) is 22.2. The Bertz CT molecular complexity index is 2840. The number of thiazole rings is 1. The maximum absolute atomic E-state index is 15.4. The fraction of sp³-hybridized carbons (Fsp3) is 0.360. The van der Waals surface area contributed by atoms with Crippen LogP contribution in [0.3, 0.4) is 0 Å². The highest BCUT2D eigenvalue weighted by molar-refractivity contribution is 7.81. The Morgan fingerprint density at radius 2 is 1.70 bits per heavy atom. The molecule has 3 aromatic carbocycles. The molecule has 3 N–H and O–H groups in total. The van der Waals surface area contributed by atoms with Crippen molar-refractivity contribution in [2.24, 2.45) is 5.41 Å². The number of carbonyl (C=O) groups excluding carboxylic acids is 4. The van der Waals surface area contributed by atoms with E-state index in [1.807, 2.05) is 52.0 Å². The summed E-state index contributed by atoms with van der Waals surface area (Å²) in [5, 5.41) is 25.3. The highest BCUT2D eigenvalue weighted by Gasteiger charge is 2.52. The summed E-state index contributed by atoms with van der Waals surface area (Å²) < 4.78 is 62.7. The molecule has 7 rings (SSSR count). The van der Waals surface area contributed by atoms with E-state index in [0.29, 0.717) is 34.0 Å². The summed E-state index contributed by atoms with van der Waals surface area (Å²) in [4.78, 5) is 67.7. The van der Waals surface area contributed by atoms with Crippen molar-refractivity contribution in [3.63, 3.8) is 0 Å². The molecular formula is C50H50F4N8O6S2. The monoisotopic (exact) mass is 998 g/mol. The molecule has 2 fully saturated rings. The summed E-state index contributed by atoms with van der Waals surface area (Å²) in [5.74, 6) is -3.31. The minimum Gasteiger partial charge on any atom is -0.494 e. The van der Waals surface area contributed by atoms with Crippen molar-refractivity contribution in [3.05, 3.63) is 113 Å². The van der Waals surface area contributed by atoms with Crippen molar-refractivity contribution in [2.75, 3.05) is 23.0 Å². The predicted molar refractivity (Wildman–Crippen MR) is 259 cm³/mol. The number of aliphatic hydroxyl groups is 1. The first kappa shape index (κ1) is 51.0. The van der Waals surface area contributed by atoms with Gasteiger partial charge >= 0.3 is 6.18 Å². The molecule has 2 aromatic heterocycles. The zero-order valence-corrected chi connectivity index (χ0v) is 40.7. The van der Waals surface area contributed by atoms with Gasteiger partial charge in [-0.3, -0.25) is 29.1 Å². The Hall–Kier alpha value is -6.82. The van der Waals surface area contributed by atoms with E-state index in [1.54, 1.807) is 53.2 Å². The first-order valence-corrected chi connectivity index (χ1v) is 23.5. The molecule has 0 radical (unpaired) electrons. The molecule has 2 saturated heterocycles. The maximum Gasteiger partial charge on any atom is 0.420 e. The Balaban J connectivity index is 0.909. The van der Waals surface area contributed by atoms with E-state index < -0.39 is 75.7 Å². The van der Waals surface area contributed by atoms with E-state index in [0.717, 1.165) is 33.8 Å². The van der Waals surface area contributed by atoms with E-state index in [-0.39, 0.29) is 43.6 Å². The van der Waals surface area contributed by atoms with Gasteiger partial charge in [0.1, 0.15) is 28.9 Å². The quantitative estimate of drug-likeness (QED) is 0.0556. The Kier molecular flexibility index (Phi) is 14.8. The fourth-order valence-corrected chi connectivity index (χ4v) is 9.72.